The third-order valence-electron chi connectivity index (χ3n) is 4.73. The van der Waals surface area contributed by atoms with E-state index in [1.54, 1.807) is 6.07 Å². The van der Waals surface area contributed by atoms with Gasteiger partial charge >= 0.3 is 5.97 Å². The molecule has 1 aliphatic rings. The van der Waals surface area contributed by atoms with Crippen LogP contribution >= 0.6 is 0 Å². The van der Waals surface area contributed by atoms with E-state index in [1.807, 2.05) is 6.92 Å². The number of methoxy groups -OCH3 is 1. The van der Waals surface area contributed by atoms with E-state index in [1.165, 1.54) is 38.5 Å². The van der Waals surface area contributed by atoms with E-state index in [0.717, 1.165) is 26.1 Å². The number of carbonyl (C=O) groups excluding carboxylic acids is 1. The molecule has 156 valence electrons. The fraction of sp³-hybridized carbons (Fsp3) is 0.650. The van der Waals surface area contributed by atoms with Crippen LogP contribution in [-0.4, -0.2) is 55.8 Å². The molecular formula is C20H30N2O6. The molecular weight excluding hydrogens is 364 g/mol. The van der Waals surface area contributed by atoms with Crippen LogP contribution in [0.2, 0.25) is 0 Å². The largest absolute Gasteiger partial charge is 0.490 e. The molecule has 8 heteroatoms. The molecule has 1 aromatic carbocycles. The van der Waals surface area contributed by atoms with Crippen molar-refractivity contribution in [2.45, 2.75) is 39.0 Å². The van der Waals surface area contributed by atoms with Crippen molar-refractivity contribution >= 4 is 11.7 Å². The lowest BCUT2D eigenvalue weighted by Crippen LogP contribution is -2.31. The lowest BCUT2D eigenvalue weighted by Gasteiger charge is -2.26. The van der Waals surface area contributed by atoms with Gasteiger partial charge in [-0.2, -0.15) is 0 Å². The molecule has 0 radical (unpaired) electrons. The average molecular weight is 394 g/mol. The second kappa shape index (κ2) is 11.5. The number of nitro groups is 1. The quantitative estimate of drug-likeness (QED) is 0.246. The first kappa shape index (κ1) is 21.9. The van der Waals surface area contributed by atoms with Gasteiger partial charge in [-0.05, 0) is 38.4 Å². The average Bonchev–Trinajstić information content (AvgIpc) is 2.70. The highest BCUT2D eigenvalue weighted by Crippen LogP contribution is 2.32. The molecule has 1 aliphatic heterocycles. The smallest absolute Gasteiger partial charge is 0.305 e. The Morgan fingerprint density at radius 1 is 1.21 bits per heavy atom. The first-order chi connectivity index (χ1) is 13.5. The van der Waals surface area contributed by atoms with Crippen molar-refractivity contribution in [3.63, 3.8) is 0 Å². The number of rotatable bonds is 11. The van der Waals surface area contributed by atoms with E-state index in [9.17, 15) is 14.9 Å². The number of nitrogens with zero attached hydrogens (tertiary/aromatic N) is 2. The lowest BCUT2D eigenvalue weighted by molar-refractivity contribution is -0.385. The minimum absolute atomic E-state index is 0.0590. The molecule has 1 aromatic rings. The zero-order valence-corrected chi connectivity index (χ0v) is 16.7. The molecule has 0 bridgehead atoms. The summed E-state index contributed by atoms with van der Waals surface area (Å²) in [6.07, 6.45) is 4.92. The van der Waals surface area contributed by atoms with Gasteiger partial charge in [-0.1, -0.05) is 13.3 Å². The van der Waals surface area contributed by atoms with Crippen LogP contribution in [0.15, 0.2) is 18.2 Å². The number of nitro benzene ring substituents is 1. The number of hydrogen-bond donors (Lipinski definition) is 0. The van der Waals surface area contributed by atoms with Gasteiger partial charge in [-0.15, -0.1) is 0 Å². The molecule has 0 amide bonds. The molecule has 0 saturated carbocycles. The summed E-state index contributed by atoms with van der Waals surface area (Å²) in [7, 11) is 1.34. The van der Waals surface area contributed by atoms with Crippen LogP contribution in [0.3, 0.4) is 0 Å². The van der Waals surface area contributed by atoms with Crippen molar-refractivity contribution in [1.29, 1.82) is 0 Å². The molecule has 1 fully saturated rings. The lowest BCUT2D eigenvalue weighted by atomic mass is 10.1. The maximum Gasteiger partial charge on any atom is 0.305 e. The van der Waals surface area contributed by atoms with E-state index < -0.39 is 4.92 Å². The van der Waals surface area contributed by atoms with Gasteiger partial charge in [0, 0.05) is 18.5 Å². The van der Waals surface area contributed by atoms with Crippen molar-refractivity contribution in [3.8, 4) is 11.5 Å². The highest BCUT2D eigenvalue weighted by molar-refractivity contribution is 5.69. The zero-order valence-electron chi connectivity index (χ0n) is 16.7. The van der Waals surface area contributed by atoms with Gasteiger partial charge in [0.1, 0.15) is 0 Å². The molecule has 2 rings (SSSR count). The van der Waals surface area contributed by atoms with Gasteiger partial charge in [-0.3, -0.25) is 14.9 Å². The third-order valence-corrected chi connectivity index (χ3v) is 4.73. The number of carbonyl (C=O) groups is 1. The van der Waals surface area contributed by atoms with Gasteiger partial charge < -0.3 is 19.1 Å². The first-order valence-corrected chi connectivity index (χ1v) is 9.82. The maximum absolute atomic E-state index is 11.4. The van der Waals surface area contributed by atoms with Gasteiger partial charge in [0.2, 0.25) is 0 Å². The fourth-order valence-corrected chi connectivity index (χ4v) is 3.15. The maximum atomic E-state index is 11.4. The topological polar surface area (TPSA) is 91.1 Å². The highest BCUT2D eigenvalue weighted by atomic mass is 16.6. The number of ether oxygens (including phenoxy) is 3. The van der Waals surface area contributed by atoms with Crippen LogP contribution in [-0.2, 0) is 9.53 Å². The van der Waals surface area contributed by atoms with Crippen molar-refractivity contribution in [2.75, 3.05) is 40.0 Å². The molecule has 1 heterocycles. The number of esters is 1. The Morgan fingerprint density at radius 2 is 1.96 bits per heavy atom. The minimum atomic E-state index is -0.467. The summed E-state index contributed by atoms with van der Waals surface area (Å²) in [4.78, 5) is 24.4. The molecule has 0 aromatic heterocycles. The second-order valence-corrected chi connectivity index (χ2v) is 7.19. The van der Waals surface area contributed by atoms with Crippen LogP contribution < -0.4 is 9.47 Å². The monoisotopic (exact) mass is 394 g/mol. The molecule has 8 nitrogen and oxygen atoms in total. The fourth-order valence-electron chi connectivity index (χ4n) is 3.15. The highest BCUT2D eigenvalue weighted by Gasteiger charge is 2.16. The molecule has 0 aliphatic carbocycles. The van der Waals surface area contributed by atoms with Crippen LogP contribution in [0, 0.1) is 16.0 Å². The Kier molecular flexibility index (Phi) is 9.00. The summed E-state index contributed by atoms with van der Waals surface area (Å²) in [6.45, 7) is 5.88. The van der Waals surface area contributed by atoms with Crippen molar-refractivity contribution < 1.29 is 23.9 Å². The number of non-ortho nitro benzene ring substituents is 1. The SMILES string of the molecule is COC(=O)CC(C)COc1cc([N+](=O)[O-])ccc1OCCCN1CCCCC1. The van der Waals surface area contributed by atoms with E-state index in [4.69, 9.17) is 9.47 Å². The van der Waals surface area contributed by atoms with Crippen molar-refractivity contribution in [2.24, 2.45) is 5.92 Å². The standard InChI is InChI=1S/C20H30N2O6/c1-16(13-20(23)26-2)15-28-19-14-17(22(24)25)7-8-18(19)27-12-6-11-21-9-4-3-5-10-21/h7-8,14,16H,3-6,9-13,15H2,1-2H3. The molecule has 1 unspecified atom stereocenters. The van der Waals surface area contributed by atoms with Crippen LogP contribution in [0.25, 0.3) is 0 Å². The summed E-state index contributed by atoms with van der Waals surface area (Å²) < 4.78 is 16.2. The summed E-state index contributed by atoms with van der Waals surface area (Å²) in [5.74, 6) is 0.404. The minimum Gasteiger partial charge on any atom is -0.490 e. The Bertz CT molecular complexity index is 646. The number of likely N-dealkylation sites (tertiary alicyclic amines) is 1. The van der Waals surface area contributed by atoms with Crippen LogP contribution in [0.5, 0.6) is 11.5 Å². The molecule has 0 spiro atoms. The summed E-state index contributed by atoms with van der Waals surface area (Å²) in [5, 5.41) is 11.1. The number of hydrogen-bond acceptors (Lipinski definition) is 7. The molecule has 1 atom stereocenters. The van der Waals surface area contributed by atoms with Crippen LogP contribution in [0.4, 0.5) is 5.69 Å². The summed E-state index contributed by atoms with van der Waals surface area (Å²) in [5.41, 5.74) is -0.0590. The predicted octanol–water partition coefficient (Wildman–Crippen LogP) is 3.43. The Hall–Kier alpha value is -2.35. The molecule has 28 heavy (non-hydrogen) atoms. The Labute approximate surface area is 165 Å². The summed E-state index contributed by atoms with van der Waals surface area (Å²) >= 11 is 0. The second-order valence-electron chi connectivity index (χ2n) is 7.19. The van der Waals surface area contributed by atoms with Crippen molar-refractivity contribution in [3.05, 3.63) is 28.3 Å². The van der Waals surface area contributed by atoms with E-state index >= 15 is 0 Å². The van der Waals surface area contributed by atoms with Crippen molar-refractivity contribution in [1.82, 2.24) is 4.90 Å². The van der Waals surface area contributed by atoms with E-state index in [-0.39, 0.29) is 30.6 Å². The third kappa shape index (κ3) is 7.34. The Balaban J connectivity index is 1.90. The Morgan fingerprint density at radius 3 is 2.64 bits per heavy atom. The first-order valence-electron chi connectivity index (χ1n) is 9.82. The molecule has 0 N–H and O–H groups in total. The summed E-state index contributed by atoms with van der Waals surface area (Å²) in [6, 6.07) is 4.34. The zero-order chi connectivity index (χ0) is 20.4. The molecule has 1 saturated heterocycles. The van der Waals surface area contributed by atoms with Gasteiger partial charge in [-0.25, -0.2) is 0 Å². The normalized spacial score (nSPS) is 15.6. The number of piperidine rings is 1. The van der Waals surface area contributed by atoms with E-state index in [2.05, 4.69) is 9.64 Å². The predicted molar refractivity (Wildman–Crippen MR) is 105 cm³/mol. The van der Waals surface area contributed by atoms with E-state index in [0.29, 0.717) is 18.1 Å². The van der Waals surface area contributed by atoms with Gasteiger partial charge in [0.15, 0.2) is 11.5 Å². The van der Waals surface area contributed by atoms with Gasteiger partial charge in [0.25, 0.3) is 5.69 Å². The van der Waals surface area contributed by atoms with Crippen LogP contribution in [0.1, 0.15) is 39.0 Å². The number of benzene rings is 1. The van der Waals surface area contributed by atoms with Gasteiger partial charge in [0.05, 0.1) is 37.7 Å².